The van der Waals surface area contributed by atoms with E-state index in [1.165, 1.54) is 37.6 Å². The average molecular weight is 270 g/mol. The molecule has 2 nitrogen and oxygen atoms in total. The molecule has 2 aliphatic rings. The summed E-state index contributed by atoms with van der Waals surface area (Å²) >= 11 is 2.15. The number of piperazine rings is 1. The van der Waals surface area contributed by atoms with Crippen LogP contribution in [0.15, 0.2) is 0 Å². The van der Waals surface area contributed by atoms with Crippen molar-refractivity contribution in [2.75, 3.05) is 31.1 Å². The lowest BCUT2D eigenvalue weighted by atomic mass is 9.93. The maximum atomic E-state index is 3.76. The Hall–Kier alpha value is 0.270. The Balaban J connectivity index is 1.95. The van der Waals surface area contributed by atoms with Crippen molar-refractivity contribution < 1.29 is 0 Å². The largest absolute Gasteiger partial charge is 0.311 e. The van der Waals surface area contributed by atoms with Crippen LogP contribution in [0.3, 0.4) is 0 Å². The molecular formula is C15H30N2S. The quantitative estimate of drug-likeness (QED) is 0.845. The van der Waals surface area contributed by atoms with E-state index in [2.05, 4.69) is 49.7 Å². The van der Waals surface area contributed by atoms with Crippen LogP contribution in [0, 0.1) is 17.8 Å². The number of nitrogens with one attached hydrogen (secondary N) is 1. The molecule has 18 heavy (non-hydrogen) atoms. The summed E-state index contributed by atoms with van der Waals surface area (Å²) in [4.78, 5) is 2.79. The normalized spacial score (nSPS) is 34.7. The van der Waals surface area contributed by atoms with E-state index in [9.17, 15) is 0 Å². The Morgan fingerprint density at radius 1 is 1.22 bits per heavy atom. The summed E-state index contributed by atoms with van der Waals surface area (Å²) in [6.07, 6.45) is 1.44. The Morgan fingerprint density at radius 3 is 2.56 bits per heavy atom. The fourth-order valence-electron chi connectivity index (χ4n) is 3.23. The smallest absolute Gasteiger partial charge is 0.0244 e. The molecule has 3 atom stereocenters. The summed E-state index contributed by atoms with van der Waals surface area (Å²) < 4.78 is 0. The van der Waals surface area contributed by atoms with Crippen molar-refractivity contribution in [1.29, 1.82) is 0 Å². The lowest BCUT2D eigenvalue weighted by molar-refractivity contribution is 0.0731. The number of hydrogen-bond donors (Lipinski definition) is 1. The van der Waals surface area contributed by atoms with Crippen molar-refractivity contribution in [3.63, 3.8) is 0 Å². The lowest BCUT2D eigenvalue weighted by Crippen LogP contribution is -2.60. The van der Waals surface area contributed by atoms with Gasteiger partial charge in [-0.3, -0.25) is 4.90 Å². The molecule has 3 heteroatoms. The van der Waals surface area contributed by atoms with Gasteiger partial charge in [0, 0.05) is 31.7 Å². The van der Waals surface area contributed by atoms with Crippen LogP contribution < -0.4 is 5.32 Å². The van der Waals surface area contributed by atoms with Gasteiger partial charge in [0.2, 0.25) is 0 Å². The summed E-state index contributed by atoms with van der Waals surface area (Å²) in [6, 6.07) is 1.43. The fourth-order valence-corrected chi connectivity index (χ4v) is 4.50. The van der Waals surface area contributed by atoms with E-state index in [-0.39, 0.29) is 0 Å². The van der Waals surface area contributed by atoms with E-state index in [4.69, 9.17) is 0 Å². The van der Waals surface area contributed by atoms with E-state index < -0.39 is 0 Å². The molecule has 2 heterocycles. The lowest BCUT2D eigenvalue weighted by Gasteiger charge is -2.44. The Kier molecular flexibility index (Phi) is 5.40. The van der Waals surface area contributed by atoms with Gasteiger partial charge in [0.15, 0.2) is 0 Å². The molecule has 0 amide bonds. The number of hydrogen-bond acceptors (Lipinski definition) is 3. The highest BCUT2D eigenvalue weighted by molar-refractivity contribution is 7.99. The van der Waals surface area contributed by atoms with Crippen LogP contribution in [-0.4, -0.2) is 48.1 Å². The summed E-state index contributed by atoms with van der Waals surface area (Å²) in [5.74, 6) is 5.23. The zero-order valence-electron chi connectivity index (χ0n) is 12.5. The first-order chi connectivity index (χ1) is 8.58. The van der Waals surface area contributed by atoms with E-state index in [0.717, 1.165) is 23.8 Å². The van der Waals surface area contributed by atoms with E-state index in [1.807, 2.05) is 0 Å². The monoisotopic (exact) mass is 270 g/mol. The van der Waals surface area contributed by atoms with Gasteiger partial charge in [-0.2, -0.15) is 11.8 Å². The highest BCUT2D eigenvalue weighted by Gasteiger charge is 2.32. The minimum absolute atomic E-state index is 0.689. The molecule has 1 N–H and O–H groups in total. The second-order valence-corrected chi connectivity index (χ2v) is 7.90. The van der Waals surface area contributed by atoms with Gasteiger partial charge in [-0.05, 0) is 35.7 Å². The van der Waals surface area contributed by atoms with Gasteiger partial charge < -0.3 is 5.32 Å². The molecule has 2 saturated heterocycles. The van der Waals surface area contributed by atoms with Crippen molar-refractivity contribution >= 4 is 11.8 Å². The van der Waals surface area contributed by atoms with Crippen molar-refractivity contribution in [2.45, 2.75) is 46.2 Å². The molecule has 2 fully saturated rings. The number of nitrogens with zero attached hydrogens (tertiary/aromatic N) is 1. The number of thioether (sulfide) groups is 1. The molecule has 0 aromatic carbocycles. The van der Waals surface area contributed by atoms with Gasteiger partial charge in [-0.15, -0.1) is 0 Å². The summed E-state index contributed by atoms with van der Waals surface area (Å²) in [6.45, 7) is 13.2. The van der Waals surface area contributed by atoms with Gasteiger partial charge in [0.05, 0.1) is 0 Å². The van der Waals surface area contributed by atoms with Crippen molar-refractivity contribution in [2.24, 2.45) is 17.8 Å². The SMILES string of the molecule is CC(C)C1CN(CC2CCSC2)C(C(C)C)CN1. The maximum Gasteiger partial charge on any atom is 0.0244 e. The molecule has 0 spiro atoms. The third-order valence-electron chi connectivity index (χ3n) is 4.58. The molecular weight excluding hydrogens is 240 g/mol. The van der Waals surface area contributed by atoms with Crippen LogP contribution in [-0.2, 0) is 0 Å². The molecule has 0 bridgehead atoms. The van der Waals surface area contributed by atoms with E-state index in [0.29, 0.717) is 6.04 Å². The first-order valence-electron chi connectivity index (χ1n) is 7.63. The molecule has 2 rings (SSSR count). The van der Waals surface area contributed by atoms with Crippen LogP contribution in [0.1, 0.15) is 34.1 Å². The Labute approximate surface area is 117 Å². The topological polar surface area (TPSA) is 15.3 Å². The highest BCUT2D eigenvalue weighted by atomic mass is 32.2. The first-order valence-corrected chi connectivity index (χ1v) is 8.78. The van der Waals surface area contributed by atoms with Gasteiger partial charge >= 0.3 is 0 Å². The van der Waals surface area contributed by atoms with E-state index >= 15 is 0 Å². The van der Waals surface area contributed by atoms with Crippen molar-refractivity contribution in [1.82, 2.24) is 10.2 Å². The third-order valence-corrected chi connectivity index (χ3v) is 5.81. The van der Waals surface area contributed by atoms with Crippen LogP contribution in [0.2, 0.25) is 0 Å². The Bertz CT molecular complexity index is 247. The molecule has 3 unspecified atom stereocenters. The summed E-state index contributed by atoms with van der Waals surface area (Å²) in [5.41, 5.74) is 0. The molecule has 0 aromatic rings. The molecule has 0 radical (unpaired) electrons. The van der Waals surface area contributed by atoms with E-state index in [1.54, 1.807) is 0 Å². The zero-order valence-corrected chi connectivity index (χ0v) is 13.3. The second-order valence-electron chi connectivity index (χ2n) is 6.75. The molecule has 106 valence electrons. The van der Waals surface area contributed by atoms with Crippen molar-refractivity contribution in [3.05, 3.63) is 0 Å². The number of rotatable bonds is 4. The minimum atomic E-state index is 0.689. The molecule has 0 aromatic heterocycles. The predicted molar refractivity (Wildman–Crippen MR) is 82.3 cm³/mol. The minimum Gasteiger partial charge on any atom is -0.311 e. The highest BCUT2D eigenvalue weighted by Crippen LogP contribution is 2.27. The predicted octanol–water partition coefficient (Wildman–Crippen LogP) is 2.69. The standard InChI is InChI=1S/C15H30N2S/c1-11(2)14-9-17(8-13-5-6-18-10-13)15(7-16-14)12(3)4/h11-16H,5-10H2,1-4H3. The van der Waals surface area contributed by atoms with Crippen LogP contribution >= 0.6 is 11.8 Å². The van der Waals surface area contributed by atoms with Crippen molar-refractivity contribution in [3.8, 4) is 0 Å². The molecule has 0 saturated carbocycles. The van der Waals surface area contributed by atoms with Gasteiger partial charge in [0.1, 0.15) is 0 Å². The van der Waals surface area contributed by atoms with Crippen LogP contribution in [0.25, 0.3) is 0 Å². The fraction of sp³-hybridized carbons (Fsp3) is 1.00. The third kappa shape index (κ3) is 3.64. The second kappa shape index (κ2) is 6.62. The summed E-state index contributed by atoms with van der Waals surface area (Å²) in [5, 5.41) is 3.76. The summed E-state index contributed by atoms with van der Waals surface area (Å²) in [7, 11) is 0. The first kappa shape index (κ1) is 14.7. The molecule has 0 aliphatic carbocycles. The zero-order chi connectivity index (χ0) is 13.1. The van der Waals surface area contributed by atoms with Gasteiger partial charge in [-0.25, -0.2) is 0 Å². The molecule has 2 aliphatic heterocycles. The Morgan fingerprint density at radius 2 is 2.00 bits per heavy atom. The van der Waals surface area contributed by atoms with Crippen LogP contribution in [0.5, 0.6) is 0 Å². The maximum absolute atomic E-state index is 3.76. The van der Waals surface area contributed by atoms with Gasteiger partial charge in [0.25, 0.3) is 0 Å². The average Bonchev–Trinajstić information content (AvgIpc) is 2.81. The van der Waals surface area contributed by atoms with Gasteiger partial charge in [-0.1, -0.05) is 27.7 Å². The van der Waals surface area contributed by atoms with Crippen LogP contribution in [0.4, 0.5) is 0 Å².